The molecule has 2 aromatic carbocycles. The van der Waals surface area contributed by atoms with E-state index in [9.17, 15) is 14.9 Å². The molecule has 0 radical (unpaired) electrons. The SMILES string of the molecule is CN(C)CC1c2ccccc2CCN1C(=O)Cc1ccccc1[N+](=O)[O-]. The third-order valence-electron chi connectivity index (χ3n) is 4.80. The number of para-hydroxylation sites is 1. The average Bonchev–Trinajstić information content (AvgIpc) is 2.61. The van der Waals surface area contributed by atoms with Gasteiger partial charge in [0.05, 0.1) is 17.4 Å². The van der Waals surface area contributed by atoms with Gasteiger partial charge in [0.15, 0.2) is 0 Å². The lowest BCUT2D eigenvalue weighted by molar-refractivity contribution is -0.385. The Morgan fingerprint density at radius 3 is 2.62 bits per heavy atom. The molecular weight excluding hydrogens is 330 g/mol. The van der Waals surface area contributed by atoms with E-state index in [0.29, 0.717) is 12.1 Å². The Labute approximate surface area is 153 Å². The van der Waals surface area contributed by atoms with Crippen LogP contribution in [0.2, 0.25) is 0 Å². The van der Waals surface area contributed by atoms with Crippen molar-refractivity contribution in [1.82, 2.24) is 9.80 Å². The van der Waals surface area contributed by atoms with E-state index in [1.54, 1.807) is 18.2 Å². The maximum Gasteiger partial charge on any atom is 0.273 e. The van der Waals surface area contributed by atoms with Crippen LogP contribution in [0.3, 0.4) is 0 Å². The molecule has 136 valence electrons. The molecule has 0 bridgehead atoms. The second-order valence-corrected chi connectivity index (χ2v) is 6.88. The van der Waals surface area contributed by atoms with Gasteiger partial charge in [0.25, 0.3) is 5.69 Å². The maximum absolute atomic E-state index is 13.0. The first-order chi connectivity index (χ1) is 12.5. The van der Waals surface area contributed by atoms with E-state index in [4.69, 9.17) is 0 Å². The second kappa shape index (κ2) is 7.66. The van der Waals surface area contributed by atoms with Crippen LogP contribution < -0.4 is 0 Å². The van der Waals surface area contributed by atoms with Crippen molar-refractivity contribution in [3.63, 3.8) is 0 Å². The molecule has 0 saturated carbocycles. The van der Waals surface area contributed by atoms with Crippen LogP contribution in [-0.2, 0) is 17.6 Å². The van der Waals surface area contributed by atoms with Crippen LogP contribution in [-0.4, -0.2) is 47.8 Å². The summed E-state index contributed by atoms with van der Waals surface area (Å²) in [5.41, 5.74) is 2.91. The molecule has 2 aromatic rings. The first-order valence-corrected chi connectivity index (χ1v) is 8.71. The van der Waals surface area contributed by atoms with Gasteiger partial charge in [-0.3, -0.25) is 14.9 Å². The summed E-state index contributed by atoms with van der Waals surface area (Å²) in [5.74, 6) is -0.0688. The van der Waals surface area contributed by atoms with Crippen LogP contribution in [0.1, 0.15) is 22.7 Å². The number of carbonyl (C=O) groups excluding carboxylic acids is 1. The highest BCUT2D eigenvalue weighted by molar-refractivity contribution is 5.80. The number of amides is 1. The summed E-state index contributed by atoms with van der Waals surface area (Å²) in [6.07, 6.45) is 0.853. The van der Waals surface area contributed by atoms with Crippen LogP contribution in [0.25, 0.3) is 0 Å². The first-order valence-electron chi connectivity index (χ1n) is 8.71. The molecular formula is C20H23N3O3. The van der Waals surface area contributed by atoms with Gasteiger partial charge in [-0.15, -0.1) is 0 Å². The fourth-order valence-corrected chi connectivity index (χ4v) is 3.60. The van der Waals surface area contributed by atoms with Gasteiger partial charge in [-0.2, -0.15) is 0 Å². The minimum atomic E-state index is -0.425. The summed E-state index contributed by atoms with van der Waals surface area (Å²) in [6.45, 7) is 1.36. The highest BCUT2D eigenvalue weighted by Gasteiger charge is 2.31. The van der Waals surface area contributed by atoms with E-state index < -0.39 is 4.92 Å². The topological polar surface area (TPSA) is 66.7 Å². The summed E-state index contributed by atoms with van der Waals surface area (Å²) in [5, 5.41) is 11.2. The van der Waals surface area contributed by atoms with Crippen LogP contribution >= 0.6 is 0 Å². The Hall–Kier alpha value is -2.73. The molecule has 26 heavy (non-hydrogen) atoms. The predicted octanol–water partition coefficient (Wildman–Crippen LogP) is 2.82. The minimum absolute atomic E-state index is 0.00224. The molecule has 6 nitrogen and oxygen atoms in total. The Bertz CT molecular complexity index is 819. The van der Waals surface area contributed by atoms with Crippen LogP contribution in [0.5, 0.6) is 0 Å². The van der Waals surface area contributed by atoms with Crippen molar-refractivity contribution >= 4 is 11.6 Å². The molecule has 1 unspecified atom stereocenters. The monoisotopic (exact) mass is 353 g/mol. The molecule has 0 aliphatic carbocycles. The van der Waals surface area contributed by atoms with E-state index in [1.165, 1.54) is 17.2 Å². The van der Waals surface area contributed by atoms with E-state index in [-0.39, 0.29) is 24.1 Å². The van der Waals surface area contributed by atoms with E-state index in [2.05, 4.69) is 17.0 Å². The van der Waals surface area contributed by atoms with Gasteiger partial charge in [-0.25, -0.2) is 0 Å². The molecule has 1 amide bonds. The fraction of sp³-hybridized carbons (Fsp3) is 0.350. The van der Waals surface area contributed by atoms with Crippen molar-refractivity contribution < 1.29 is 9.72 Å². The summed E-state index contributed by atoms with van der Waals surface area (Å²) in [7, 11) is 3.98. The fourth-order valence-electron chi connectivity index (χ4n) is 3.60. The van der Waals surface area contributed by atoms with Crippen LogP contribution in [0, 0.1) is 10.1 Å². The standard InChI is InChI=1S/C20H23N3O3/c1-21(2)14-19-17-9-5-3-7-15(17)11-12-22(19)20(24)13-16-8-4-6-10-18(16)23(25)26/h3-10,19H,11-14H2,1-2H3. The van der Waals surface area contributed by atoms with Crippen molar-refractivity contribution in [1.29, 1.82) is 0 Å². The summed E-state index contributed by atoms with van der Waals surface area (Å²) in [6, 6.07) is 14.6. The van der Waals surface area contributed by atoms with Crippen molar-refractivity contribution in [3.8, 4) is 0 Å². The molecule has 3 rings (SSSR count). The van der Waals surface area contributed by atoms with E-state index >= 15 is 0 Å². The van der Waals surface area contributed by atoms with Gasteiger partial charge >= 0.3 is 0 Å². The molecule has 0 fully saturated rings. The minimum Gasteiger partial charge on any atom is -0.334 e. The Kier molecular flexibility index (Phi) is 5.32. The third kappa shape index (κ3) is 3.75. The number of hydrogen-bond acceptors (Lipinski definition) is 4. The number of nitrogens with zero attached hydrogens (tertiary/aromatic N) is 3. The van der Waals surface area contributed by atoms with Gasteiger partial charge in [-0.1, -0.05) is 42.5 Å². The molecule has 1 aliphatic heterocycles. The van der Waals surface area contributed by atoms with Gasteiger partial charge in [0.1, 0.15) is 0 Å². The lowest BCUT2D eigenvalue weighted by Crippen LogP contribution is -2.44. The second-order valence-electron chi connectivity index (χ2n) is 6.88. The molecule has 1 heterocycles. The van der Waals surface area contributed by atoms with Crippen LogP contribution in [0.15, 0.2) is 48.5 Å². The van der Waals surface area contributed by atoms with Gasteiger partial charge in [0, 0.05) is 24.7 Å². The maximum atomic E-state index is 13.0. The molecule has 0 saturated heterocycles. The smallest absolute Gasteiger partial charge is 0.273 e. The molecule has 0 N–H and O–H groups in total. The highest BCUT2D eigenvalue weighted by Crippen LogP contribution is 2.31. The summed E-state index contributed by atoms with van der Waals surface area (Å²) in [4.78, 5) is 27.8. The summed E-state index contributed by atoms with van der Waals surface area (Å²) < 4.78 is 0. The van der Waals surface area contributed by atoms with Crippen molar-refractivity contribution in [2.45, 2.75) is 18.9 Å². The van der Waals surface area contributed by atoms with Gasteiger partial charge in [-0.05, 0) is 31.6 Å². The Morgan fingerprint density at radius 2 is 1.88 bits per heavy atom. The van der Waals surface area contributed by atoms with Crippen molar-refractivity contribution in [2.24, 2.45) is 0 Å². The quantitative estimate of drug-likeness (QED) is 0.612. The number of benzene rings is 2. The average molecular weight is 353 g/mol. The van der Waals surface area contributed by atoms with Crippen LogP contribution in [0.4, 0.5) is 5.69 Å². The van der Waals surface area contributed by atoms with E-state index in [1.807, 2.05) is 31.1 Å². The normalized spacial score (nSPS) is 16.4. The lowest BCUT2D eigenvalue weighted by atomic mass is 9.91. The zero-order valence-corrected chi connectivity index (χ0v) is 15.1. The largest absolute Gasteiger partial charge is 0.334 e. The molecule has 1 aliphatic rings. The first kappa shape index (κ1) is 18.1. The molecule has 6 heteroatoms. The zero-order chi connectivity index (χ0) is 18.7. The third-order valence-corrected chi connectivity index (χ3v) is 4.80. The van der Waals surface area contributed by atoms with Gasteiger partial charge in [0.2, 0.25) is 5.91 Å². The molecule has 1 atom stereocenters. The zero-order valence-electron chi connectivity index (χ0n) is 15.1. The number of fused-ring (bicyclic) bond motifs is 1. The number of carbonyl (C=O) groups is 1. The van der Waals surface area contributed by atoms with Crippen molar-refractivity contribution in [2.75, 3.05) is 27.2 Å². The van der Waals surface area contributed by atoms with Gasteiger partial charge < -0.3 is 9.80 Å². The Morgan fingerprint density at radius 1 is 1.19 bits per heavy atom. The van der Waals surface area contributed by atoms with E-state index in [0.717, 1.165) is 13.0 Å². The Balaban J connectivity index is 1.88. The predicted molar refractivity (Wildman–Crippen MR) is 100.0 cm³/mol. The number of nitro benzene ring substituents is 1. The number of nitro groups is 1. The lowest BCUT2D eigenvalue weighted by Gasteiger charge is -2.39. The summed E-state index contributed by atoms with van der Waals surface area (Å²) >= 11 is 0. The number of hydrogen-bond donors (Lipinski definition) is 0. The van der Waals surface area contributed by atoms with Crippen molar-refractivity contribution in [3.05, 3.63) is 75.3 Å². The number of likely N-dealkylation sites (N-methyl/N-ethyl adjacent to an activating group) is 1. The highest BCUT2D eigenvalue weighted by atomic mass is 16.6. The molecule has 0 aromatic heterocycles. The molecule has 0 spiro atoms. The number of rotatable bonds is 5.